The van der Waals surface area contributed by atoms with E-state index in [9.17, 15) is 24.6 Å². The fraction of sp³-hybridized carbons (Fsp3) is 0.706. The van der Waals surface area contributed by atoms with Gasteiger partial charge in [0.1, 0.15) is 23.4 Å². The molecule has 0 unspecified atom stereocenters. The number of phenols is 2. The van der Waals surface area contributed by atoms with Gasteiger partial charge in [-0.2, -0.15) is 0 Å². The van der Waals surface area contributed by atoms with Crippen molar-refractivity contribution < 1.29 is 43.5 Å². The van der Waals surface area contributed by atoms with Crippen LogP contribution in [0.3, 0.4) is 0 Å². The quantitative estimate of drug-likeness (QED) is 0.0402. The van der Waals surface area contributed by atoms with Crippen molar-refractivity contribution in [2.75, 3.05) is 0 Å². The molecular formula is C51H80O9. The van der Waals surface area contributed by atoms with E-state index in [1.807, 2.05) is 0 Å². The lowest BCUT2D eigenvalue weighted by molar-refractivity contribution is -0.155. The van der Waals surface area contributed by atoms with Gasteiger partial charge in [-0.25, -0.2) is 0 Å². The summed E-state index contributed by atoms with van der Waals surface area (Å²) >= 11 is 0. The molecule has 1 aliphatic rings. The molecule has 0 aliphatic carbocycles. The predicted molar refractivity (Wildman–Crippen MR) is 240 cm³/mol. The van der Waals surface area contributed by atoms with Crippen LogP contribution < -0.4 is 14.2 Å². The largest absolute Gasteiger partial charge is 0.508 e. The minimum absolute atomic E-state index is 0.0989. The van der Waals surface area contributed by atoms with Crippen molar-refractivity contribution in [3.05, 3.63) is 41.5 Å². The van der Waals surface area contributed by atoms with Crippen LogP contribution in [0.15, 0.2) is 30.3 Å². The first-order chi connectivity index (χ1) is 29.2. The van der Waals surface area contributed by atoms with Crippen molar-refractivity contribution in [1.82, 2.24) is 0 Å². The molecule has 0 saturated heterocycles. The average Bonchev–Trinajstić information content (AvgIpc) is 3.22. The number of hydrogen-bond donors (Lipinski definition) is 2. The molecule has 0 fully saturated rings. The summed E-state index contributed by atoms with van der Waals surface area (Å²) in [5.41, 5.74) is 0.966. The molecule has 2 aromatic carbocycles. The molecule has 0 saturated carbocycles. The summed E-state index contributed by atoms with van der Waals surface area (Å²) in [5.74, 6) is -0.960. The number of benzene rings is 2. The number of carbonyl (C=O) groups excluding carboxylic acids is 3. The smallest absolute Gasteiger partial charge is 0.311 e. The van der Waals surface area contributed by atoms with Crippen molar-refractivity contribution in [2.24, 2.45) is 0 Å². The second-order valence-corrected chi connectivity index (χ2v) is 17.1. The Kier molecular flexibility index (Phi) is 26.3. The van der Waals surface area contributed by atoms with Crippen molar-refractivity contribution >= 4 is 17.9 Å². The first-order valence-electron chi connectivity index (χ1n) is 24.2. The second kappa shape index (κ2) is 31.1. The normalized spacial score (nSPS) is 14.7. The van der Waals surface area contributed by atoms with Gasteiger partial charge < -0.3 is 29.2 Å². The van der Waals surface area contributed by atoms with E-state index in [4.69, 9.17) is 18.9 Å². The van der Waals surface area contributed by atoms with Gasteiger partial charge in [0.15, 0.2) is 17.6 Å². The number of unbranched alkanes of at least 4 members (excludes halogenated alkanes) is 24. The van der Waals surface area contributed by atoms with Crippen LogP contribution in [0.4, 0.5) is 0 Å². The summed E-state index contributed by atoms with van der Waals surface area (Å²) in [6.45, 7) is 6.66. The summed E-state index contributed by atoms with van der Waals surface area (Å²) in [4.78, 5) is 39.6. The van der Waals surface area contributed by atoms with Crippen LogP contribution in [-0.2, 0) is 25.5 Å². The molecule has 0 amide bonds. The highest BCUT2D eigenvalue weighted by Crippen LogP contribution is 2.44. The molecule has 2 atom stereocenters. The Morgan fingerprint density at radius 2 is 0.950 bits per heavy atom. The lowest BCUT2D eigenvalue weighted by Gasteiger charge is -2.34. The summed E-state index contributed by atoms with van der Waals surface area (Å²) in [6.07, 6.45) is 29.8. The molecule has 2 aromatic rings. The van der Waals surface area contributed by atoms with Crippen molar-refractivity contribution in [3.8, 4) is 28.7 Å². The highest BCUT2D eigenvalue weighted by molar-refractivity contribution is 5.76. The Balaban J connectivity index is 1.70. The maximum absolute atomic E-state index is 13.3. The predicted octanol–water partition coefficient (Wildman–Crippen LogP) is 14.3. The number of phenolic OH excluding ortho intramolecular Hbond substituents is 2. The van der Waals surface area contributed by atoms with Gasteiger partial charge in [-0.3, -0.25) is 14.4 Å². The van der Waals surface area contributed by atoms with Crippen LogP contribution in [-0.4, -0.2) is 34.2 Å². The van der Waals surface area contributed by atoms with E-state index in [-0.39, 0.29) is 66.4 Å². The first-order valence-corrected chi connectivity index (χ1v) is 24.2. The Bertz CT molecular complexity index is 1500. The van der Waals surface area contributed by atoms with Crippen LogP contribution in [0.5, 0.6) is 28.7 Å². The highest BCUT2D eigenvalue weighted by Gasteiger charge is 2.37. The third-order valence-corrected chi connectivity index (χ3v) is 11.6. The molecule has 0 aromatic heterocycles. The zero-order valence-electron chi connectivity index (χ0n) is 37.7. The topological polar surface area (TPSA) is 129 Å². The van der Waals surface area contributed by atoms with E-state index in [1.165, 1.54) is 115 Å². The number of esters is 3. The summed E-state index contributed by atoms with van der Waals surface area (Å²) < 4.78 is 24.2. The molecule has 60 heavy (non-hydrogen) atoms. The van der Waals surface area contributed by atoms with Gasteiger partial charge in [0.2, 0.25) is 0 Å². The van der Waals surface area contributed by atoms with Crippen LogP contribution in [0, 0.1) is 0 Å². The SMILES string of the molecule is CCCCCCCCCCCC(=O)Oc1ccc([C@H]2Oc3cc(O)cc(O)c3C[C@@H]2OC(=O)CCCCCCCCCCC)cc1OC(=O)CCCCCCCCCCC. The zero-order chi connectivity index (χ0) is 43.2. The van der Waals surface area contributed by atoms with E-state index >= 15 is 0 Å². The Hall–Kier alpha value is -3.75. The number of rotatable bonds is 34. The molecule has 3 rings (SSSR count). The summed E-state index contributed by atoms with van der Waals surface area (Å²) in [5, 5.41) is 21.0. The number of fused-ring (bicyclic) bond motifs is 1. The van der Waals surface area contributed by atoms with Crippen LogP contribution in [0.2, 0.25) is 0 Å². The lowest BCUT2D eigenvalue weighted by Crippen LogP contribution is -2.34. The molecule has 9 nitrogen and oxygen atoms in total. The van der Waals surface area contributed by atoms with Gasteiger partial charge >= 0.3 is 17.9 Å². The maximum atomic E-state index is 13.3. The van der Waals surface area contributed by atoms with Gasteiger partial charge in [-0.1, -0.05) is 181 Å². The summed E-state index contributed by atoms with van der Waals surface area (Å²) in [6, 6.07) is 7.61. The third kappa shape index (κ3) is 20.7. The maximum Gasteiger partial charge on any atom is 0.311 e. The number of carbonyl (C=O) groups is 3. The minimum Gasteiger partial charge on any atom is -0.508 e. The number of hydrogen-bond acceptors (Lipinski definition) is 9. The molecule has 1 aliphatic heterocycles. The average molecular weight is 837 g/mol. The zero-order valence-corrected chi connectivity index (χ0v) is 37.7. The number of aromatic hydroxyl groups is 2. The summed E-state index contributed by atoms with van der Waals surface area (Å²) in [7, 11) is 0. The van der Waals surface area contributed by atoms with E-state index in [2.05, 4.69) is 20.8 Å². The van der Waals surface area contributed by atoms with Gasteiger partial charge in [-0.15, -0.1) is 0 Å². The molecule has 0 bridgehead atoms. The van der Waals surface area contributed by atoms with Gasteiger partial charge in [0.25, 0.3) is 0 Å². The van der Waals surface area contributed by atoms with E-state index in [0.717, 1.165) is 64.2 Å². The van der Waals surface area contributed by atoms with Gasteiger partial charge in [-0.05, 0) is 31.4 Å². The molecule has 0 radical (unpaired) electrons. The standard InChI is InChI=1S/C51H80O9/c1-4-7-10-13-16-19-22-25-28-31-48(54)57-44-35-34-40(36-46(44)58-49(55)32-29-26-23-20-17-14-11-8-5-2)51-47(39-42-43(53)37-41(52)38-45(42)60-51)59-50(56)33-30-27-24-21-18-15-12-9-6-3/h34-38,47,51-53H,4-33,39H2,1-3H3/t47-,51+/m0/s1. The fourth-order valence-corrected chi connectivity index (χ4v) is 8.01. The monoisotopic (exact) mass is 837 g/mol. The Labute approximate surface area is 362 Å². The van der Waals surface area contributed by atoms with E-state index in [0.29, 0.717) is 17.5 Å². The second-order valence-electron chi connectivity index (χ2n) is 17.1. The van der Waals surface area contributed by atoms with Crippen LogP contribution in [0.1, 0.15) is 231 Å². The lowest BCUT2D eigenvalue weighted by atomic mass is 9.93. The molecule has 9 heteroatoms. The first kappa shape index (κ1) is 50.6. The van der Waals surface area contributed by atoms with Crippen molar-refractivity contribution in [2.45, 2.75) is 232 Å². The molecule has 0 spiro atoms. The van der Waals surface area contributed by atoms with Gasteiger partial charge in [0.05, 0.1) is 0 Å². The van der Waals surface area contributed by atoms with Crippen LogP contribution >= 0.6 is 0 Å². The molecule has 338 valence electrons. The van der Waals surface area contributed by atoms with Gasteiger partial charge in [0, 0.05) is 48.9 Å². The van der Waals surface area contributed by atoms with E-state index < -0.39 is 18.2 Å². The molecular weight excluding hydrogens is 757 g/mol. The van der Waals surface area contributed by atoms with Crippen molar-refractivity contribution in [3.63, 3.8) is 0 Å². The molecule has 1 heterocycles. The van der Waals surface area contributed by atoms with Crippen LogP contribution in [0.25, 0.3) is 0 Å². The Morgan fingerprint density at radius 1 is 0.533 bits per heavy atom. The number of ether oxygens (including phenoxy) is 4. The van der Waals surface area contributed by atoms with Crippen molar-refractivity contribution in [1.29, 1.82) is 0 Å². The Morgan fingerprint density at radius 3 is 1.42 bits per heavy atom. The fourth-order valence-electron chi connectivity index (χ4n) is 8.01. The highest BCUT2D eigenvalue weighted by atomic mass is 16.6. The van der Waals surface area contributed by atoms with E-state index in [1.54, 1.807) is 18.2 Å². The minimum atomic E-state index is -0.854. The molecule has 2 N–H and O–H groups in total. The third-order valence-electron chi connectivity index (χ3n) is 11.6.